The maximum Gasteiger partial charge on any atom is 0.343 e. The van der Waals surface area contributed by atoms with Crippen LogP contribution in [0, 0.1) is 5.41 Å². The zero-order valence-corrected chi connectivity index (χ0v) is 15.1. The van der Waals surface area contributed by atoms with Gasteiger partial charge in [-0.15, -0.1) is 0 Å². The third kappa shape index (κ3) is 2.72. The van der Waals surface area contributed by atoms with Crippen LogP contribution in [-0.4, -0.2) is 25.5 Å². The summed E-state index contributed by atoms with van der Waals surface area (Å²) in [5.74, 6) is -0.00235. The normalized spacial score (nSPS) is 21.8. The Labute approximate surface area is 150 Å². The monoisotopic (exact) mass is 368 g/mol. The molecule has 1 aromatic carbocycles. The first kappa shape index (κ1) is 17.3. The molecule has 1 unspecified atom stereocenters. The Kier molecular flexibility index (Phi) is 4.63. The molecule has 2 aliphatic carbocycles. The molecular formula is C18H18Cl2O4. The van der Waals surface area contributed by atoms with E-state index in [1.807, 2.05) is 6.07 Å². The van der Waals surface area contributed by atoms with E-state index >= 15 is 0 Å². The number of ketones is 1. The van der Waals surface area contributed by atoms with Crippen molar-refractivity contribution < 1.29 is 19.1 Å². The molecule has 3 rings (SSSR count). The Hall–Kier alpha value is -1.52. The number of allylic oxidation sites excluding steroid dienone is 2. The number of rotatable bonds is 4. The van der Waals surface area contributed by atoms with Crippen LogP contribution < -0.4 is 4.74 Å². The van der Waals surface area contributed by atoms with Crippen LogP contribution >= 0.6 is 23.2 Å². The molecule has 0 fully saturated rings. The Morgan fingerprint density at radius 2 is 2.08 bits per heavy atom. The van der Waals surface area contributed by atoms with E-state index in [4.69, 9.17) is 27.9 Å². The molecule has 128 valence electrons. The zero-order valence-electron chi connectivity index (χ0n) is 13.6. The third-order valence-corrected chi connectivity index (χ3v) is 5.88. The molecule has 0 N–H and O–H groups in total. The van der Waals surface area contributed by atoms with E-state index in [1.165, 1.54) is 7.11 Å². The van der Waals surface area contributed by atoms with E-state index in [9.17, 15) is 9.59 Å². The molecule has 0 aromatic heterocycles. The smallest absolute Gasteiger partial charge is 0.343 e. The molecule has 1 atom stereocenters. The van der Waals surface area contributed by atoms with E-state index in [0.29, 0.717) is 17.2 Å². The van der Waals surface area contributed by atoms with Gasteiger partial charge in [0.05, 0.1) is 12.1 Å². The Balaban J connectivity index is 2.05. The summed E-state index contributed by atoms with van der Waals surface area (Å²) in [6.45, 7) is 1.89. The van der Waals surface area contributed by atoms with E-state index in [2.05, 4.69) is 11.7 Å². The standard InChI is InChI=1S/C18H18Cl2O4/c1-3-18-5-4-11(21)7-12(18)15-10(8-18)6-13(16(19)17(15)20)24-9-14(22)23-2/h6-7H,3-5,8-9H2,1-2H3. The van der Waals surface area contributed by atoms with Crippen molar-refractivity contribution in [2.24, 2.45) is 5.41 Å². The lowest BCUT2D eigenvalue weighted by molar-refractivity contribution is -0.142. The number of fused-ring (bicyclic) bond motifs is 3. The number of carbonyl (C=O) groups is 2. The number of benzene rings is 1. The molecule has 2 aliphatic rings. The van der Waals surface area contributed by atoms with Crippen molar-refractivity contribution in [3.8, 4) is 5.75 Å². The average Bonchev–Trinajstić information content (AvgIpc) is 2.90. The summed E-state index contributed by atoms with van der Waals surface area (Å²) in [6, 6.07) is 1.83. The van der Waals surface area contributed by atoms with Crippen molar-refractivity contribution >= 4 is 40.5 Å². The molecule has 0 spiro atoms. The van der Waals surface area contributed by atoms with Gasteiger partial charge < -0.3 is 9.47 Å². The molecule has 6 heteroatoms. The van der Waals surface area contributed by atoms with Crippen LogP contribution in [0.3, 0.4) is 0 Å². The zero-order chi connectivity index (χ0) is 17.5. The number of methoxy groups -OCH3 is 1. The van der Waals surface area contributed by atoms with Crippen LogP contribution in [0.2, 0.25) is 10.0 Å². The van der Waals surface area contributed by atoms with Crippen molar-refractivity contribution in [1.82, 2.24) is 0 Å². The number of hydrogen-bond acceptors (Lipinski definition) is 4. The summed E-state index contributed by atoms with van der Waals surface area (Å²) in [4.78, 5) is 23.2. The molecule has 1 aromatic rings. The quantitative estimate of drug-likeness (QED) is 0.745. The van der Waals surface area contributed by atoms with Gasteiger partial charge in [0.1, 0.15) is 10.8 Å². The van der Waals surface area contributed by atoms with Gasteiger partial charge in [0.25, 0.3) is 0 Å². The summed E-state index contributed by atoms with van der Waals surface area (Å²) >= 11 is 12.8. The minimum atomic E-state index is -0.491. The first-order chi connectivity index (χ1) is 11.4. The van der Waals surface area contributed by atoms with Crippen LogP contribution in [0.4, 0.5) is 0 Å². The molecule has 0 amide bonds. The van der Waals surface area contributed by atoms with Crippen LogP contribution in [-0.2, 0) is 20.7 Å². The Morgan fingerprint density at radius 1 is 1.33 bits per heavy atom. The Morgan fingerprint density at radius 3 is 2.75 bits per heavy atom. The van der Waals surface area contributed by atoms with Crippen molar-refractivity contribution in [2.45, 2.75) is 32.6 Å². The van der Waals surface area contributed by atoms with E-state index in [1.54, 1.807) is 6.08 Å². The van der Waals surface area contributed by atoms with Gasteiger partial charge in [-0.25, -0.2) is 4.79 Å². The first-order valence-corrected chi connectivity index (χ1v) is 8.63. The van der Waals surface area contributed by atoms with Gasteiger partial charge in [-0.1, -0.05) is 30.1 Å². The fourth-order valence-electron chi connectivity index (χ4n) is 3.65. The van der Waals surface area contributed by atoms with Gasteiger partial charge >= 0.3 is 5.97 Å². The second-order valence-electron chi connectivity index (χ2n) is 6.24. The second-order valence-corrected chi connectivity index (χ2v) is 6.99. The lowest BCUT2D eigenvalue weighted by atomic mass is 9.71. The van der Waals surface area contributed by atoms with Gasteiger partial charge in [-0.2, -0.15) is 0 Å². The van der Waals surface area contributed by atoms with Crippen molar-refractivity contribution in [3.05, 3.63) is 33.3 Å². The largest absolute Gasteiger partial charge is 0.480 e. The van der Waals surface area contributed by atoms with Gasteiger partial charge in [-0.05, 0) is 42.5 Å². The lowest BCUT2D eigenvalue weighted by Gasteiger charge is -2.32. The summed E-state index contributed by atoms with van der Waals surface area (Å²) in [6.07, 6.45) is 4.81. The van der Waals surface area contributed by atoms with Crippen LogP contribution in [0.15, 0.2) is 12.1 Å². The molecule has 0 heterocycles. The maximum absolute atomic E-state index is 11.9. The van der Waals surface area contributed by atoms with Gasteiger partial charge in [0.15, 0.2) is 12.4 Å². The molecular weight excluding hydrogens is 351 g/mol. The average molecular weight is 369 g/mol. The molecule has 0 aliphatic heterocycles. The number of ether oxygens (including phenoxy) is 2. The van der Waals surface area contributed by atoms with Crippen molar-refractivity contribution in [3.63, 3.8) is 0 Å². The number of hydrogen-bond donors (Lipinski definition) is 0. The predicted molar refractivity (Wildman–Crippen MR) is 92.6 cm³/mol. The van der Waals surface area contributed by atoms with Crippen molar-refractivity contribution in [1.29, 1.82) is 0 Å². The van der Waals surface area contributed by atoms with Gasteiger partial charge in [-0.3, -0.25) is 4.79 Å². The summed E-state index contributed by atoms with van der Waals surface area (Å²) in [5.41, 5.74) is 2.78. The predicted octanol–water partition coefficient (Wildman–Crippen LogP) is 4.24. The molecule has 0 radical (unpaired) electrons. The fourth-order valence-corrected chi connectivity index (χ4v) is 4.16. The van der Waals surface area contributed by atoms with Crippen LogP contribution in [0.25, 0.3) is 5.57 Å². The van der Waals surface area contributed by atoms with Crippen molar-refractivity contribution in [2.75, 3.05) is 13.7 Å². The summed E-state index contributed by atoms with van der Waals surface area (Å²) < 4.78 is 10.0. The summed E-state index contributed by atoms with van der Waals surface area (Å²) in [5, 5.41) is 0.635. The number of esters is 1. The molecule has 4 nitrogen and oxygen atoms in total. The number of halogens is 2. The molecule has 0 saturated carbocycles. The topological polar surface area (TPSA) is 52.6 Å². The summed E-state index contributed by atoms with van der Waals surface area (Å²) in [7, 11) is 1.29. The fraction of sp³-hybridized carbons (Fsp3) is 0.444. The second kappa shape index (κ2) is 6.41. The molecule has 0 saturated heterocycles. The minimum absolute atomic E-state index is 0.0653. The number of carbonyl (C=O) groups excluding carboxylic acids is 2. The lowest BCUT2D eigenvalue weighted by Crippen LogP contribution is -2.24. The molecule has 24 heavy (non-hydrogen) atoms. The van der Waals surface area contributed by atoms with Gasteiger partial charge in [0, 0.05) is 17.4 Å². The highest BCUT2D eigenvalue weighted by molar-refractivity contribution is 6.44. The highest BCUT2D eigenvalue weighted by Crippen LogP contribution is 2.57. The maximum atomic E-state index is 11.9. The minimum Gasteiger partial charge on any atom is -0.480 e. The van der Waals surface area contributed by atoms with E-state index in [-0.39, 0.29) is 22.8 Å². The molecule has 0 bridgehead atoms. The van der Waals surface area contributed by atoms with Crippen LogP contribution in [0.1, 0.15) is 37.3 Å². The van der Waals surface area contributed by atoms with E-state index < -0.39 is 5.97 Å². The van der Waals surface area contributed by atoms with E-state index in [0.717, 1.165) is 36.0 Å². The SMILES string of the molecule is CCC12CCC(=O)C=C1c1c(cc(OCC(=O)OC)c(Cl)c1Cl)C2. The Bertz CT molecular complexity index is 754. The van der Waals surface area contributed by atoms with Gasteiger partial charge in [0.2, 0.25) is 0 Å². The highest BCUT2D eigenvalue weighted by atomic mass is 35.5. The van der Waals surface area contributed by atoms with Crippen LogP contribution in [0.5, 0.6) is 5.75 Å². The first-order valence-electron chi connectivity index (χ1n) is 7.87. The third-order valence-electron chi connectivity index (χ3n) is 5.03. The highest BCUT2D eigenvalue weighted by Gasteiger charge is 2.44.